The Morgan fingerprint density at radius 3 is 2.65 bits per heavy atom. The van der Waals surface area contributed by atoms with Gasteiger partial charge in [0.2, 0.25) is 0 Å². The molecule has 98 valence electrons. The smallest absolute Gasteiger partial charge is 0.0638 e. The third-order valence-corrected chi connectivity index (χ3v) is 3.16. The van der Waals surface area contributed by atoms with Crippen molar-refractivity contribution in [2.45, 2.75) is 39.9 Å². The van der Waals surface area contributed by atoms with Crippen LogP contribution in [0.3, 0.4) is 0 Å². The summed E-state index contributed by atoms with van der Waals surface area (Å²) in [7, 11) is 1.65. The van der Waals surface area contributed by atoms with Crippen molar-refractivity contribution in [1.82, 2.24) is 9.88 Å². The van der Waals surface area contributed by atoms with Crippen molar-refractivity contribution >= 4 is 0 Å². The maximum absolute atomic E-state index is 9.16. The summed E-state index contributed by atoms with van der Waals surface area (Å²) in [5.74, 6) is 0. The minimum absolute atomic E-state index is 0.00434. The molecule has 0 amide bonds. The number of aliphatic hydroxyl groups excluding tert-OH is 1. The highest BCUT2D eigenvalue weighted by Crippen LogP contribution is 2.14. The maximum Gasteiger partial charge on any atom is 0.0638 e. The van der Waals surface area contributed by atoms with Crippen LogP contribution >= 0.6 is 0 Å². The van der Waals surface area contributed by atoms with Crippen molar-refractivity contribution in [1.29, 1.82) is 0 Å². The van der Waals surface area contributed by atoms with E-state index in [1.54, 1.807) is 7.11 Å². The van der Waals surface area contributed by atoms with E-state index in [1.165, 1.54) is 17.0 Å². The Labute approximate surface area is 104 Å². The molecule has 0 saturated carbocycles. The quantitative estimate of drug-likeness (QED) is 0.753. The first-order chi connectivity index (χ1) is 8.13. The van der Waals surface area contributed by atoms with E-state index in [-0.39, 0.29) is 12.6 Å². The molecule has 0 aliphatic carbocycles. The SMILES string of the molecule is CCn1c(C)cc(CNC(CO)COC)c1C. The molecule has 0 radical (unpaired) electrons. The Balaban J connectivity index is 2.62. The van der Waals surface area contributed by atoms with E-state index < -0.39 is 0 Å². The van der Waals surface area contributed by atoms with Crippen LogP contribution in [-0.4, -0.2) is 36.0 Å². The topological polar surface area (TPSA) is 46.4 Å². The number of ether oxygens (including phenoxy) is 1. The summed E-state index contributed by atoms with van der Waals surface area (Å²) < 4.78 is 7.33. The second kappa shape index (κ2) is 6.79. The molecule has 0 spiro atoms. The molecule has 0 aromatic carbocycles. The Kier molecular flexibility index (Phi) is 5.68. The van der Waals surface area contributed by atoms with Crippen LogP contribution in [0.5, 0.6) is 0 Å². The molecule has 0 saturated heterocycles. The average Bonchev–Trinajstić information content (AvgIpc) is 2.59. The van der Waals surface area contributed by atoms with E-state index in [4.69, 9.17) is 9.84 Å². The lowest BCUT2D eigenvalue weighted by atomic mass is 10.2. The predicted molar refractivity (Wildman–Crippen MR) is 69.2 cm³/mol. The van der Waals surface area contributed by atoms with Crippen molar-refractivity contribution in [3.8, 4) is 0 Å². The van der Waals surface area contributed by atoms with Gasteiger partial charge in [-0.15, -0.1) is 0 Å². The monoisotopic (exact) mass is 240 g/mol. The number of aliphatic hydroxyl groups is 1. The van der Waals surface area contributed by atoms with E-state index in [9.17, 15) is 0 Å². The van der Waals surface area contributed by atoms with Gasteiger partial charge < -0.3 is 19.7 Å². The van der Waals surface area contributed by atoms with Crippen molar-refractivity contribution in [3.63, 3.8) is 0 Å². The maximum atomic E-state index is 9.16. The number of aryl methyl sites for hydroxylation is 1. The van der Waals surface area contributed by atoms with E-state index in [1.807, 2.05) is 0 Å². The fourth-order valence-corrected chi connectivity index (χ4v) is 2.17. The van der Waals surface area contributed by atoms with Gasteiger partial charge in [0.05, 0.1) is 19.3 Å². The van der Waals surface area contributed by atoms with Gasteiger partial charge in [0, 0.05) is 31.6 Å². The molecule has 4 nitrogen and oxygen atoms in total. The zero-order valence-corrected chi connectivity index (χ0v) is 11.3. The molecular formula is C13H24N2O2. The minimum Gasteiger partial charge on any atom is -0.395 e. The molecule has 0 aliphatic rings. The second-order valence-corrected chi connectivity index (χ2v) is 4.36. The third-order valence-electron chi connectivity index (χ3n) is 3.16. The van der Waals surface area contributed by atoms with Crippen LogP contribution in [0.2, 0.25) is 0 Å². The van der Waals surface area contributed by atoms with Crippen molar-refractivity contribution in [2.75, 3.05) is 20.3 Å². The highest BCUT2D eigenvalue weighted by atomic mass is 16.5. The number of hydrogen-bond donors (Lipinski definition) is 2. The largest absolute Gasteiger partial charge is 0.395 e. The van der Waals surface area contributed by atoms with E-state index in [0.29, 0.717) is 6.61 Å². The molecule has 2 N–H and O–H groups in total. The van der Waals surface area contributed by atoms with Gasteiger partial charge in [-0.3, -0.25) is 0 Å². The summed E-state index contributed by atoms with van der Waals surface area (Å²) in [6.07, 6.45) is 0. The zero-order valence-electron chi connectivity index (χ0n) is 11.3. The molecule has 1 aromatic rings. The van der Waals surface area contributed by atoms with Gasteiger partial charge in [0.1, 0.15) is 0 Å². The zero-order chi connectivity index (χ0) is 12.8. The molecule has 1 rings (SSSR count). The molecule has 4 heteroatoms. The van der Waals surface area contributed by atoms with Gasteiger partial charge in [0.15, 0.2) is 0 Å². The predicted octanol–water partition coefficient (Wildman–Crippen LogP) is 1.22. The average molecular weight is 240 g/mol. The third kappa shape index (κ3) is 3.56. The van der Waals surface area contributed by atoms with Gasteiger partial charge in [0.25, 0.3) is 0 Å². The first kappa shape index (κ1) is 14.2. The minimum atomic E-state index is 0.00434. The van der Waals surface area contributed by atoms with Gasteiger partial charge in [-0.2, -0.15) is 0 Å². The van der Waals surface area contributed by atoms with Gasteiger partial charge in [-0.1, -0.05) is 0 Å². The number of aromatic nitrogens is 1. The Bertz CT molecular complexity index is 347. The fraction of sp³-hybridized carbons (Fsp3) is 0.692. The molecule has 1 heterocycles. The van der Waals surface area contributed by atoms with Gasteiger partial charge in [-0.05, 0) is 32.4 Å². The number of nitrogens with zero attached hydrogens (tertiary/aromatic N) is 1. The Hall–Kier alpha value is -0.840. The Morgan fingerprint density at radius 2 is 2.18 bits per heavy atom. The summed E-state index contributed by atoms with van der Waals surface area (Å²) in [6.45, 7) is 8.81. The standard InChI is InChI=1S/C13H24N2O2/c1-5-15-10(2)6-12(11(15)3)7-14-13(8-16)9-17-4/h6,13-14,16H,5,7-9H2,1-4H3. The highest BCUT2D eigenvalue weighted by molar-refractivity contribution is 5.26. The fourth-order valence-electron chi connectivity index (χ4n) is 2.17. The Morgan fingerprint density at radius 1 is 1.47 bits per heavy atom. The van der Waals surface area contributed by atoms with Crippen LogP contribution < -0.4 is 5.32 Å². The van der Waals surface area contributed by atoms with Gasteiger partial charge in [-0.25, -0.2) is 0 Å². The molecule has 1 aromatic heterocycles. The van der Waals surface area contributed by atoms with Crippen molar-refractivity contribution in [3.05, 3.63) is 23.0 Å². The second-order valence-electron chi connectivity index (χ2n) is 4.36. The number of methoxy groups -OCH3 is 1. The first-order valence-corrected chi connectivity index (χ1v) is 6.12. The lowest BCUT2D eigenvalue weighted by Gasteiger charge is -2.15. The van der Waals surface area contributed by atoms with E-state index >= 15 is 0 Å². The normalized spacial score (nSPS) is 13.0. The molecule has 1 unspecified atom stereocenters. The van der Waals surface area contributed by atoms with Crippen LogP contribution in [0.1, 0.15) is 23.9 Å². The summed E-state index contributed by atoms with van der Waals surface area (Å²) >= 11 is 0. The summed E-state index contributed by atoms with van der Waals surface area (Å²) in [6, 6.07) is 2.21. The summed E-state index contributed by atoms with van der Waals surface area (Å²) in [5.41, 5.74) is 3.87. The van der Waals surface area contributed by atoms with Crippen LogP contribution in [0.4, 0.5) is 0 Å². The van der Waals surface area contributed by atoms with Crippen molar-refractivity contribution in [2.24, 2.45) is 0 Å². The summed E-state index contributed by atoms with van der Waals surface area (Å²) in [5, 5.41) is 12.5. The summed E-state index contributed by atoms with van der Waals surface area (Å²) in [4.78, 5) is 0. The lowest BCUT2D eigenvalue weighted by molar-refractivity contribution is 0.128. The first-order valence-electron chi connectivity index (χ1n) is 6.12. The van der Waals surface area contributed by atoms with Crippen LogP contribution in [0.25, 0.3) is 0 Å². The van der Waals surface area contributed by atoms with Crippen molar-refractivity contribution < 1.29 is 9.84 Å². The number of nitrogens with one attached hydrogen (secondary N) is 1. The molecule has 0 fully saturated rings. The van der Waals surface area contributed by atoms with E-state index in [0.717, 1.165) is 13.1 Å². The van der Waals surface area contributed by atoms with Gasteiger partial charge >= 0.3 is 0 Å². The van der Waals surface area contributed by atoms with E-state index in [2.05, 4.69) is 36.7 Å². The lowest BCUT2D eigenvalue weighted by Crippen LogP contribution is -2.36. The molecule has 1 atom stereocenters. The van der Waals surface area contributed by atoms with Crippen LogP contribution in [-0.2, 0) is 17.8 Å². The molecule has 17 heavy (non-hydrogen) atoms. The highest BCUT2D eigenvalue weighted by Gasteiger charge is 2.10. The molecular weight excluding hydrogens is 216 g/mol. The van der Waals surface area contributed by atoms with Crippen LogP contribution in [0.15, 0.2) is 6.07 Å². The number of rotatable bonds is 7. The molecule has 0 aliphatic heterocycles. The molecule has 0 bridgehead atoms. The van der Waals surface area contributed by atoms with Crippen LogP contribution in [0, 0.1) is 13.8 Å². The number of hydrogen-bond acceptors (Lipinski definition) is 3.